The molecule has 2 fully saturated rings. The highest BCUT2D eigenvalue weighted by molar-refractivity contribution is 5.99. The number of amides is 1. The summed E-state index contributed by atoms with van der Waals surface area (Å²) in [5, 5.41) is 0. The van der Waals surface area contributed by atoms with Crippen molar-refractivity contribution in [2.45, 2.75) is 39.2 Å². The Hall–Kier alpha value is -1.62. The summed E-state index contributed by atoms with van der Waals surface area (Å²) in [5.74, 6) is 0.948. The Kier molecular flexibility index (Phi) is 3.61. The second kappa shape index (κ2) is 5.30. The van der Waals surface area contributed by atoms with Gasteiger partial charge in [-0.05, 0) is 51.0 Å². The third-order valence-corrected chi connectivity index (χ3v) is 4.98. The van der Waals surface area contributed by atoms with E-state index in [0.29, 0.717) is 23.4 Å². The number of nitrogens with zero attached hydrogens (tertiary/aromatic N) is 2. The smallest absolute Gasteiger partial charge is 0.252 e. The average molecular weight is 288 g/mol. The van der Waals surface area contributed by atoms with Crippen LogP contribution < -0.4 is 16.4 Å². The molecule has 21 heavy (non-hydrogen) atoms. The van der Waals surface area contributed by atoms with Gasteiger partial charge in [0.15, 0.2) is 0 Å². The molecule has 2 aliphatic rings. The highest BCUT2D eigenvalue weighted by Gasteiger charge is 2.38. The fraction of sp³-hybridized carbons (Fsp3) is 0.625. The van der Waals surface area contributed by atoms with E-state index >= 15 is 0 Å². The monoisotopic (exact) mass is 288 g/mol. The van der Waals surface area contributed by atoms with E-state index in [9.17, 15) is 4.79 Å². The maximum Gasteiger partial charge on any atom is 0.252 e. The number of primary amides is 1. The summed E-state index contributed by atoms with van der Waals surface area (Å²) in [6.45, 7) is 5.79. The zero-order valence-electron chi connectivity index (χ0n) is 12.8. The minimum absolute atomic E-state index is 0.336. The Morgan fingerprint density at radius 2 is 2.00 bits per heavy atom. The van der Waals surface area contributed by atoms with Crippen LogP contribution in [0.1, 0.15) is 41.0 Å². The predicted octanol–water partition coefficient (Wildman–Crippen LogP) is 1.36. The van der Waals surface area contributed by atoms with Gasteiger partial charge >= 0.3 is 0 Å². The van der Waals surface area contributed by atoms with Crippen LogP contribution in [0.2, 0.25) is 0 Å². The second-order valence-corrected chi connectivity index (χ2v) is 6.61. The number of pyridine rings is 1. The largest absolute Gasteiger partial charge is 0.370 e. The molecule has 1 saturated carbocycles. The molecule has 3 rings (SSSR count). The van der Waals surface area contributed by atoms with Crippen LogP contribution in [0, 0.1) is 25.7 Å². The highest BCUT2D eigenvalue weighted by Crippen LogP contribution is 2.39. The normalized spacial score (nSPS) is 28.5. The van der Waals surface area contributed by atoms with Crippen molar-refractivity contribution in [1.29, 1.82) is 0 Å². The molecule has 4 N–H and O–H groups in total. The third-order valence-electron chi connectivity index (χ3n) is 4.98. The molecule has 1 aliphatic carbocycles. The number of aromatic nitrogens is 1. The zero-order valence-corrected chi connectivity index (χ0v) is 12.8. The number of hydrogen-bond acceptors (Lipinski definition) is 4. The van der Waals surface area contributed by atoms with Crippen LogP contribution >= 0.6 is 0 Å². The molecule has 1 saturated heterocycles. The molecule has 1 aliphatic heterocycles. The van der Waals surface area contributed by atoms with Gasteiger partial charge in [-0.2, -0.15) is 0 Å². The van der Waals surface area contributed by atoms with E-state index in [0.717, 1.165) is 43.0 Å². The summed E-state index contributed by atoms with van der Waals surface area (Å²) in [7, 11) is 0. The van der Waals surface area contributed by atoms with Crippen molar-refractivity contribution in [3.63, 3.8) is 0 Å². The number of aryl methyl sites for hydroxylation is 2. The summed E-state index contributed by atoms with van der Waals surface area (Å²) in [5.41, 5.74) is 14.9. The summed E-state index contributed by atoms with van der Waals surface area (Å²) >= 11 is 0. The van der Waals surface area contributed by atoms with E-state index < -0.39 is 0 Å². The van der Waals surface area contributed by atoms with E-state index in [4.69, 9.17) is 11.5 Å². The lowest BCUT2D eigenvalue weighted by Gasteiger charge is -2.27. The first-order valence-corrected chi connectivity index (χ1v) is 7.74. The molecule has 0 spiro atoms. The SMILES string of the molecule is Cc1cc(N2C[C@H]3CCC(N)C[C@H]3C2)c(C(N)=O)c(C)n1. The molecule has 2 heterocycles. The minimum Gasteiger partial charge on any atom is -0.370 e. The summed E-state index contributed by atoms with van der Waals surface area (Å²) in [4.78, 5) is 18.5. The lowest BCUT2D eigenvalue weighted by Crippen LogP contribution is -2.32. The van der Waals surface area contributed by atoms with Crippen LogP contribution in [0.5, 0.6) is 0 Å². The van der Waals surface area contributed by atoms with Gasteiger partial charge < -0.3 is 16.4 Å². The van der Waals surface area contributed by atoms with Crippen molar-refractivity contribution < 1.29 is 4.79 Å². The number of anilines is 1. The van der Waals surface area contributed by atoms with Crippen LogP contribution in [-0.4, -0.2) is 30.0 Å². The van der Waals surface area contributed by atoms with Gasteiger partial charge in [0, 0.05) is 24.8 Å². The van der Waals surface area contributed by atoms with E-state index in [1.165, 1.54) is 6.42 Å². The van der Waals surface area contributed by atoms with Crippen LogP contribution in [0.15, 0.2) is 6.07 Å². The Bertz CT molecular complexity index is 572. The number of rotatable bonds is 2. The predicted molar refractivity (Wildman–Crippen MR) is 83.2 cm³/mol. The fourth-order valence-corrected chi connectivity index (χ4v) is 4.03. The molecule has 5 nitrogen and oxygen atoms in total. The number of carbonyl (C=O) groups is 1. The van der Waals surface area contributed by atoms with Gasteiger partial charge in [0.1, 0.15) is 0 Å². The molecule has 5 heteroatoms. The van der Waals surface area contributed by atoms with Crippen molar-refractivity contribution >= 4 is 11.6 Å². The molecule has 1 aromatic rings. The molecule has 3 atom stereocenters. The lowest BCUT2D eigenvalue weighted by molar-refractivity contribution is 0.1000. The van der Waals surface area contributed by atoms with Gasteiger partial charge in [0.2, 0.25) is 0 Å². The second-order valence-electron chi connectivity index (χ2n) is 6.61. The van der Waals surface area contributed by atoms with Crippen molar-refractivity contribution in [3.8, 4) is 0 Å². The zero-order chi connectivity index (χ0) is 15.1. The van der Waals surface area contributed by atoms with Crippen LogP contribution in [-0.2, 0) is 0 Å². The summed E-state index contributed by atoms with van der Waals surface area (Å²) in [6, 6.07) is 2.33. The van der Waals surface area contributed by atoms with E-state index in [2.05, 4.69) is 9.88 Å². The van der Waals surface area contributed by atoms with Gasteiger partial charge in [-0.25, -0.2) is 0 Å². The number of fused-ring (bicyclic) bond motifs is 1. The van der Waals surface area contributed by atoms with Crippen molar-refractivity contribution in [1.82, 2.24) is 4.98 Å². The summed E-state index contributed by atoms with van der Waals surface area (Å²) < 4.78 is 0. The Morgan fingerprint density at radius 3 is 2.71 bits per heavy atom. The van der Waals surface area contributed by atoms with Gasteiger partial charge in [-0.3, -0.25) is 9.78 Å². The van der Waals surface area contributed by atoms with E-state index in [1.807, 2.05) is 19.9 Å². The van der Waals surface area contributed by atoms with Gasteiger partial charge in [-0.1, -0.05) is 0 Å². The molecular formula is C16H24N4O. The molecule has 0 radical (unpaired) electrons. The fourth-order valence-electron chi connectivity index (χ4n) is 4.03. The first-order chi connectivity index (χ1) is 9.95. The maximum absolute atomic E-state index is 11.8. The Labute approximate surface area is 125 Å². The van der Waals surface area contributed by atoms with Crippen LogP contribution in [0.25, 0.3) is 0 Å². The minimum atomic E-state index is -0.387. The van der Waals surface area contributed by atoms with E-state index in [-0.39, 0.29) is 5.91 Å². The third kappa shape index (κ3) is 2.62. The topological polar surface area (TPSA) is 85.2 Å². The van der Waals surface area contributed by atoms with Crippen molar-refractivity contribution in [2.75, 3.05) is 18.0 Å². The molecule has 114 valence electrons. The average Bonchev–Trinajstić information content (AvgIpc) is 2.79. The molecule has 1 unspecified atom stereocenters. The molecule has 1 aromatic heterocycles. The number of carbonyl (C=O) groups excluding carboxylic acids is 1. The number of hydrogen-bond donors (Lipinski definition) is 2. The highest BCUT2D eigenvalue weighted by atomic mass is 16.1. The van der Waals surface area contributed by atoms with E-state index in [1.54, 1.807) is 0 Å². The summed E-state index contributed by atoms with van der Waals surface area (Å²) in [6.07, 6.45) is 3.40. The molecule has 1 amide bonds. The standard InChI is InChI=1S/C16H24N4O/c1-9-5-14(15(16(18)21)10(2)19-9)20-7-11-3-4-13(17)6-12(11)8-20/h5,11-13H,3-4,6-8,17H2,1-2H3,(H2,18,21)/t11-,12+,13?/m1/s1. The first-order valence-electron chi connectivity index (χ1n) is 7.74. The quantitative estimate of drug-likeness (QED) is 0.860. The van der Waals surface area contributed by atoms with Crippen LogP contribution in [0.3, 0.4) is 0 Å². The van der Waals surface area contributed by atoms with Crippen LogP contribution in [0.4, 0.5) is 5.69 Å². The molecule has 0 bridgehead atoms. The Morgan fingerprint density at radius 1 is 1.29 bits per heavy atom. The van der Waals surface area contributed by atoms with Crippen molar-refractivity contribution in [2.24, 2.45) is 23.3 Å². The van der Waals surface area contributed by atoms with Gasteiger partial charge in [0.25, 0.3) is 5.91 Å². The lowest BCUT2D eigenvalue weighted by atomic mass is 9.79. The first kappa shape index (κ1) is 14.3. The van der Waals surface area contributed by atoms with Gasteiger partial charge in [-0.15, -0.1) is 0 Å². The molecular weight excluding hydrogens is 264 g/mol. The number of nitrogens with two attached hydrogens (primary N) is 2. The maximum atomic E-state index is 11.8. The van der Waals surface area contributed by atoms with Crippen molar-refractivity contribution in [3.05, 3.63) is 23.0 Å². The van der Waals surface area contributed by atoms with Gasteiger partial charge in [0.05, 0.1) is 16.9 Å². The Balaban J connectivity index is 1.93. The molecule has 0 aromatic carbocycles.